The highest BCUT2D eigenvalue weighted by atomic mass is 16.2. The lowest BCUT2D eigenvalue weighted by molar-refractivity contribution is -0.118. The zero-order chi connectivity index (χ0) is 10.8. The largest absolute Gasteiger partial charge is 0.288 e. The molecule has 1 amide bonds. The Bertz CT molecular complexity index is 188. The van der Waals surface area contributed by atoms with Gasteiger partial charge in [-0.05, 0) is 19.8 Å². The van der Waals surface area contributed by atoms with Gasteiger partial charge < -0.3 is 0 Å². The molecule has 0 fully saturated rings. The lowest BCUT2D eigenvalue weighted by Gasteiger charge is -2.06. The number of allylic oxidation sites excluding steroid dienone is 1. The van der Waals surface area contributed by atoms with Crippen LogP contribution in [0.5, 0.6) is 0 Å². The highest BCUT2D eigenvalue weighted by Gasteiger charge is 2.00. The Hall–Kier alpha value is -0.830. The normalized spacial score (nSPS) is 11.5. The molecule has 3 heteroatoms. The first-order valence-electron chi connectivity index (χ1n) is 5.42. The Labute approximate surface area is 86.9 Å². The average Bonchev–Trinajstić information content (AvgIpc) is 2.17. The maximum absolute atomic E-state index is 11.3. The van der Waals surface area contributed by atoms with Gasteiger partial charge in [-0.2, -0.15) is 0 Å². The van der Waals surface area contributed by atoms with Crippen molar-refractivity contribution < 1.29 is 4.79 Å². The molecule has 0 atom stereocenters. The average molecular weight is 198 g/mol. The van der Waals surface area contributed by atoms with Crippen LogP contribution in [-0.2, 0) is 4.79 Å². The van der Waals surface area contributed by atoms with E-state index in [0.717, 1.165) is 25.0 Å². The summed E-state index contributed by atoms with van der Waals surface area (Å²) in [7, 11) is 0. The Kier molecular flexibility index (Phi) is 8.24. The lowest BCUT2D eigenvalue weighted by Crippen LogP contribution is -2.38. The van der Waals surface area contributed by atoms with Crippen molar-refractivity contribution in [2.75, 3.05) is 6.54 Å². The minimum atomic E-state index is -0.0247. The molecule has 2 N–H and O–H groups in total. The van der Waals surface area contributed by atoms with Gasteiger partial charge in [-0.25, -0.2) is 5.43 Å². The summed E-state index contributed by atoms with van der Waals surface area (Å²) in [6.07, 6.45) is 6.32. The van der Waals surface area contributed by atoms with Crippen LogP contribution >= 0.6 is 0 Å². The Morgan fingerprint density at radius 1 is 1.29 bits per heavy atom. The molecule has 0 aliphatic heterocycles. The molecule has 0 aromatic carbocycles. The van der Waals surface area contributed by atoms with Crippen molar-refractivity contribution in [1.29, 1.82) is 0 Å². The molecule has 0 aliphatic rings. The number of hydrogen-bond acceptors (Lipinski definition) is 2. The van der Waals surface area contributed by atoms with Gasteiger partial charge in [0, 0.05) is 12.1 Å². The van der Waals surface area contributed by atoms with E-state index in [4.69, 9.17) is 0 Å². The van der Waals surface area contributed by atoms with Crippen LogP contribution in [0.3, 0.4) is 0 Å². The monoisotopic (exact) mass is 198 g/mol. The molecule has 0 unspecified atom stereocenters. The second-order valence-corrected chi connectivity index (χ2v) is 3.38. The molecule has 0 aromatic rings. The van der Waals surface area contributed by atoms with Gasteiger partial charge in [-0.3, -0.25) is 10.2 Å². The zero-order valence-electron chi connectivity index (χ0n) is 9.52. The zero-order valence-corrected chi connectivity index (χ0v) is 9.52. The number of hydrazine groups is 1. The molecule has 0 bridgehead atoms. The SMILES string of the molecule is CCC=C(C)C(=O)NNCCCCC. The van der Waals surface area contributed by atoms with Gasteiger partial charge in [0.2, 0.25) is 0 Å². The van der Waals surface area contributed by atoms with Crippen LogP contribution in [0, 0.1) is 0 Å². The van der Waals surface area contributed by atoms with Gasteiger partial charge >= 0.3 is 0 Å². The van der Waals surface area contributed by atoms with Crippen LogP contribution in [0.25, 0.3) is 0 Å². The number of carbonyl (C=O) groups is 1. The molecular formula is C11H22N2O. The highest BCUT2D eigenvalue weighted by Crippen LogP contribution is 1.94. The van der Waals surface area contributed by atoms with Crippen molar-refractivity contribution in [3.05, 3.63) is 11.6 Å². The summed E-state index contributed by atoms with van der Waals surface area (Å²) in [6, 6.07) is 0. The van der Waals surface area contributed by atoms with Crippen LogP contribution in [0.2, 0.25) is 0 Å². The third-order valence-corrected chi connectivity index (χ3v) is 1.98. The summed E-state index contributed by atoms with van der Waals surface area (Å²) in [5.74, 6) is -0.0247. The fourth-order valence-electron chi connectivity index (χ4n) is 1.10. The Morgan fingerprint density at radius 3 is 2.57 bits per heavy atom. The third kappa shape index (κ3) is 6.66. The summed E-state index contributed by atoms with van der Waals surface area (Å²) >= 11 is 0. The summed E-state index contributed by atoms with van der Waals surface area (Å²) in [6.45, 7) is 6.85. The molecule has 0 saturated carbocycles. The predicted molar refractivity (Wildman–Crippen MR) is 59.7 cm³/mol. The molecule has 3 nitrogen and oxygen atoms in total. The van der Waals surface area contributed by atoms with Gasteiger partial charge in [-0.1, -0.05) is 32.8 Å². The van der Waals surface area contributed by atoms with E-state index in [0.29, 0.717) is 0 Å². The second-order valence-electron chi connectivity index (χ2n) is 3.38. The molecule has 82 valence electrons. The van der Waals surface area contributed by atoms with E-state index in [1.165, 1.54) is 12.8 Å². The van der Waals surface area contributed by atoms with Crippen LogP contribution < -0.4 is 10.9 Å². The van der Waals surface area contributed by atoms with Crippen LogP contribution in [0.1, 0.15) is 46.5 Å². The number of nitrogens with one attached hydrogen (secondary N) is 2. The van der Waals surface area contributed by atoms with Crippen LogP contribution in [-0.4, -0.2) is 12.5 Å². The molecule has 0 aromatic heterocycles. The summed E-state index contributed by atoms with van der Waals surface area (Å²) in [4.78, 5) is 11.3. The highest BCUT2D eigenvalue weighted by molar-refractivity contribution is 5.92. The number of hydrogen-bond donors (Lipinski definition) is 2. The van der Waals surface area contributed by atoms with Crippen molar-refractivity contribution in [3.8, 4) is 0 Å². The van der Waals surface area contributed by atoms with Crippen molar-refractivity contribution >= 4 is 5.91 Å². The smallest absolute Gasteiger partial charge is 0.260 e. The topological polar surface area (TPSA) is 41.1 Å². The number of amides is 1. The Morgan fingerprint density at radius 2 is 2.00 bits per heavy atom. The van der Waals surface area contributed by atoms with Crippen LogP contribution in [0.4, 0.5) is 0 Å². The van der Waals surface area contributed by atoms with E-state index in [1.807, 2.05) is 19.9 Å². The molecule has 0 radical (unpaired) electrons. The Balaban J connectivity index is 3.49. The minimum Gasteiger partial charge on any atom is -0.288 e. The number of carbonyl (C=O) groups excluding carboxylic acids is 1. The molecule has 14 heavy (non-hydrogen) atoms. The van der Waals surface area contributed by atoms with E-state index >= 15 is 0 Å². The van der Waals surface area contributed by atoms with E-state index in [2.05, 4.69) is 17.8 Å². The van der Waals surface area contributed by atoms with Crippen molar-refractivity contribution in [3.63, 3.8) is 0 Å². The number of unbranched alkanes of at least 4 members (excludes halogenated alkanes) is 2. The maximum Gasteiger partial charge on any atom is 0.260 e. The third-order valence-electron chi connectivity index (χ3n) is 1.98. The predicted octanol–water partition coefficient (Wildman–Crippen LogP) is 2.15. The fourth-order valence-corrected chi connectivity index (χ4v) is 1.10. The molecular weight excluding hydrogens is 176 g/mol. The molecule has 0 saturated heterocycles. The van der Waals surface area contributed by atoms with Crippen molar-refractivity contribution in [2.45, 2.75) is 46.5 Å². The van der Waals surface area contributed by atoms with Gasteiger partial charge in [-0.15, -0.1) is 0 Å². The van der Waals surface area contributed by atoms with E-state index < -0.39 is 0 Å². The van der Waals surface area contributed by atoms with Gasteiger partial charge in [0.15, 0.2) is 0 Å². The van der Waals surface area contributed by atoms with Gasteiger partial charge in [0.25, 0.3) is 5.91 Å². The summed E-state index contributed by atoms with van der Waals surface area (Å²) in [5, 5.41) is 0. The van der Waals surface area contributed by atoms with E-state index in [9.17, 15) is 4.79 Å². The van der Waals surface area contributed by atoms with Gasteiger partial charge in [0.1, 0.15) is 0 Å². The lowest BCUT2D eigenvalue weighted by atomic mass is 10.2. The standard InChI is InChI=1S/C11H22N2O/c1-4-6-7-9-12-13-11(14)10(3)8-5-2/h8,12H,4-7,9H2,1-3H3,(H,13,14). The van der Waals surface area contributed by atoms with E-state index in [-0.39, 0.29) is 5.91 Å². The molecule has 0 heterocycles. The molecule has 0 aliphatic carbocycles. The quantitative estimate of drug-likeness (QED) is 0.374. The first kappa shape index (κ1) is 13.2. The van der Waals surface area contributed by atoms with E-state index in [1.54, 1.807) is 0 Å². The second kappa shape index (κ2) is 8.75. The summed E-state index contributed by atoms with van der Waals surface area (Å²) < 4.78 is 0. The first-order chi connectivity index (χ1) is 6.72. The first-order valence-corrected chi connectivity index (χ1v) is 5.42. The van der Waals surface area contributed by atoms with Crippen molar-refractivity contribution in [2.24, 2.45) is 0 Å². The minimum absolute atomic E-state index is 0.0247. The molecule has 0 spiro atoms. The summed E-state index contributed by atoms with van der Waals surface area (Å²) in [5.41, 5.74) is 6.36. The van der Waals surface area contributed by atoms with Gasteiger partial charge in [0.05, 0.1) is 0 Å². The molecule has 0 rings (SSSR count). The van der Waals surface area contributed by atoms with Crippen LogP contribution in [0.15, 0.2) is 11.6 Å². The number of rotatable bonds is 7. The maximum atomic E-state index is 11.3. The van der Waals surface area contributed by atoms with Crippen molar-refractivity contribution in [1.82, 2.24) is 10.9 Å². The fraction of sp³-hybridized carbons (Fsp3) is 0.727.